The third-order valence-electron chi connectivity index (χ3n) is 3.05. The number of halogens is 2. The van der Waals surface area contributed by atoms with E-state index in [0.29, 0.717) is 17.9 Å². The molecule has 0 amide bonds. The summed E-state index contributed by atoms with van der Waals surface area (Å²) in [7, 11) is 0. The van der Waals surface area contributed by atoms with Crippen LogP contribution in [0.5, 0.6) is 0 Å². The van der Waals surface area contributed by atoms with Gasteiger partial charge in [0.1, 0.15) is 0 Å². The average molecular weight is 371 g/mol. The number of hydrogen-bond acceptors (Lipinski definition) is 5. The maximum absolute atomic E-state index is 6.02. The lowest BCUT2D eigenvalue weighted by Crippen LogP contribution is -2.05. The zero-order chi connectivity index (χ0) is 15.0. The molecule has 0 radical (unpaired) electrons. The molecule has 0 bridgehead atoms. The fourth-order valence-corrected chi connectivity index (χ4v) is 2.48. The molecule has 7 nitrogen and oxygen atoms in total. The predicted octanol–water partition coefficient (Wildman–Crippen LogP) is 3.16. The third-order valence-corrected chi connectivity index (χ3v) is 3.90. The quantitative estimate of drug-likeness (QED) is 0.689. The van der Waals surface area contributed by atoms with Crippen molar-refractivity contribution >= 4 is 44.5 Å². The van der Waals surface area contributed by atoms with Gasteiger partial charge in [-0.3, -0.25) is 5.10 Å². The van der Waals surface area contributed by atoms with Crippen molar-refractivity contribution < 1.29 is 0 Å². The van der Waals surface area contributed by atoms with Crippen molar-refractivity contribution in [3.63, 3.8) is 0 Å². The van der Waals surface area contributed by atoms with Gasteiger partial charge in [-0.1, -0.05) is 0 Å². The summed E-state index contributed by atoms with van der Waals surface area (Å²) in [6.07, 6.45) is 3.45. The smallest absolute Gasteiger partial charge is 0.226 e. The van der Waals surface area contributed by atoms with Gasteiger partial charge in [0.15, 0.2) is 17.0 Å². The third kappa shape index (κ3) is 2.73. The Morgan fingerprint density at radius 1 is 1.43 bits per heavy atom. The SMILES string of the molecule is CC(C)n1cnc2c(NCc3[nH]ncc3Br)nc(Cl)nc21. The van der Waals surface area contributed by atoms with Gasteiger partial charge in [0.25, 0.3) is 0 Å². The Morgan fingerprint density at radius 2 is 2.24 bits per heavy atom. The molecule has 3 aromatic rings. The second kappa shape index (κ2) is 5.61. The zero-order valence-corrected chi connectivity index (χ0v) is 13.8. The zero-order valence-electron chi connectivity index (χ0n) is 11.4. The van der Waals surface area contributed by atoms with Gasteiger partial charge in [-0.25, -0.2) is 4.98 Å². The van der Waals surface area contributed by atoms with Crippen LogP contribution < -0.4 is 5.32 Å². The molecule has 0 spiro atoms. The van der Waals surface area contributed by atoms with E-state index in [1.807, 2.05) is 4.57 Å². The topological polar surface area (TPSA) is 84.3 Å². The maximum atomic E-state index is 6.02. The highest BCUT2D eigenvalue weighted by atomic mass is 79.9. The van der Waals surface area contributed by atoms with Crippen molar-refractivity contribution in [3.05, 3.63) is 28.0 Å². The first-order valence-corrected chi connectivity index (χ1v) is 7.55. The molecular weight excluding hydrogens is 358 g/mol. The van der Waals surface area contributed by atoms with Crippen LogP contribution in [-0.4, -0.2) is 29.7 Å². The molecule has 21 heavy (non-hydrogen) atoms. The number of H-pyrrole nitrogens is 1. The first kappa shape index (κ1) is 14.3. The van der Waals surface area contributed by atoms with Gasteiger partial charge < -0.3 is 9.88 Å². The monoisotopic (exact) mass is 369 g/mol. The first-order chi connectivity index (χ1) is 10.1. The van der Waals surface area contributed by atoms with E-state index in [0.717, 1.165) is 15.8 Å². The number of aromatic amines is 1. The number of fused-ring (bicyclic) bond motifs is 1. The second-order valence-corrected chi connectivity index (χ2v) is 6.00. The van der Waals surface area contributed by atoms with Crippen LogP contribution in [0.1, 0.15) is 25.6 Å². The molecule has 0 aromatic carbocycles. The summed E-state index contributed by atoms with van der Waals surface area (Å²) in [5.74, 6) is 0.603. The van der Waals surface area contributed by atoms with Crippen LogP contribution in [0.25, 0.3) is 11.2 Å². The lowest BCUT2D eigenvalue weighted by atomic mass is 10.4. The molecule has 9 heteroatoms. The Bertz CT molecular complexity index is 779. The van der Waals surface area contributed by atoms with Crippen molar-refractivity contribution in [2.45, 2.75) is 26.4 Å². The normalized spacial score (nSPS) is 11.5. The Hall–Kier alpha value is -1.67. The minimum Gasteiger partial charge on any atom is -0.362 e. The van der Waals surface area contributed by atoms with Crippen LogP contribution in [-0.2, 0) is 6.54 Å². The highest BCUT2D eigenvalue weighted by Gasteiger charge is 2.14. The van der Waals surface area contributed by atoms with Gasteiger partial charge in [0.2, 0.25) is 5.28 Å². The summed E-state index contributed by atoms with van der Waals surface area (Å²) in [5, 5.41) is 10.3. The van der Waals surface area contributed by atoms with Gasteiger partial charge >= 0.3 is 0 Å². The van der Waals surface area contributed by atoms with Crippen molar-refractivity contribution in [2.24, 2.45) is 0 Å². The molecule has 2 N–H and O–H groups in total. The molecule has 0 saturated heterocycles. The van der Waals surface area contributed by atoms with Crippen molar-refractivity contribution in [2.75, 3.05) is 5.32 Å². The van der Waals surface area contributed by atoms with Gasteiger partial charge in [-0.05, 0) is 41.4 Å². The molecule has 3 heterocycles. The van der Waals surface area contributed by atoms with E-state index in [2.05, 4.69) is 60.2 Å². The van der Waals surface area contributed by atoms with Crippen LogP contribution in [0.15, 0.2) is 17.0 Å². The lowest BCUT2D eigenvalue weighted by molar-refractivity contribution is 0.612. The Kier molecular flexibility index (Phi) is 3.81. The number of nitrogens with one attached hydrogen (secondary N) is 2. The van der Waals surface area contributed by atoms with Crippen LogP contribution in [0.3, 0.4) is 0 Å². The first-order valence-electron chi connectivity index (χ1n) is 6.38. The Labute approximate surface area is 134 Å². The van der Waals surface area contributed by atoms with Gasteiger partial charge in [-0.15, -0.1) is 0 Å². The molecule has 110 valence electrons. The van der Waals surface area contributed by atoms with E-state index in [4.69, 9.17) is 11.6 Å². The molecule has 0 aliphatic carbocycles. The van der Waals surface area contributed by atoms with Crippen LogP contribution in [0.2, 0.25) is 5.28 Å². The minimum atomic E-state index is 0.191. The highest BCUT2D eigenvalue weighted by molar-refractivity contribution is 9.10. The van der Waals surface area contributed by atoms with E-state index in [9.17, 15) is 0 Å². The van der Waals surface area contributed by atoms with Crippen LogP contribution in [0.4, 0.5) is 5.82 Å². The predicted molar refractivity (Wildman–Crippen MR) is 84.3 cm³/mol. The molecule has 0 aliphatic rings. The summed E-state index contributed by atoms with van der Waals surface area (Å²) in [5.41, 5.74) is 2.33. The number of hydrogen-bond donors (Lipinski definition) is 2. The van der Waals surface area contributed by atoms with Gasteiger partial charge in [0.05, 0.1) is 29.2 Å². The molecule has 3 rings (SSSR count). The van der Waals surface area contributed by atoms with E-state index >= 15 is 0 Å². The summed E-state index contributed by atoms with van der Waals surface area (Å²) in [6.45, 7) is 4.65. The van der Waals surface area contributed by atoms with Crippen molar-refractivity contribution in [1.82, 2.24) is 29.7 Å². The molecule has 0 unspecified atom stereocenters. The van der Waals surface area contributed by atoms with E-state index in [1.54, 1.807) is 12.5 Å². The van der Waals surface area contributed by atoms with Crippen molar-refractivity contribution in [3.8, 4) is 0 Å². The minimum absolute atomic E-state index is 0.191. The van der Waals surface area contributed by atoms with Gasteiger partial charge in [-0.2, -0.15) is 15.1 Å². The van der Waals surface area contributed by atoms with Crippen LogP contribution >= 0.6 is 27.5 Å². The molecule has 0 atom stereocenters. The molecule has 0 aliphatic heterocycles. The number of rotatable bonds is 4. The highest BCUT2D eigenvalue weighted by Crippen LogP contribution is 2.24. The molecule has 0 fully saturated rings. The summed E-state index contributed by atoms with van der Waals surface area (Å²) >= 11 is 9.43. The maximum Gasteiger partial charge on any atom is 0.226 e. The fourth-order valence-electron chi connectivity index (χ4n) is 1.99. The number of imidazole rings is 1. The Morgan fingerprint density at radius 3 is 2.90 bits per heavy atom. The second-order valence-electron chi connectivity index (χ2n) is 4.81. The number of aromatic nitrogens is 6. The van der Waals surface area contributed by atoms with E-state index in [1.165, 1.54) is 0 Å². The fraction of sp³-hybridized carbons (Fsp3) is 0.333. The lowest BCUT2D eigenvalue weighted by Gasteiger charge is -2.09. The number of nitrogens with zero attached hydrogens (tertiary/aromatic N) is 5. The largest absolute Gasteiger partial charge is 0.362 e. The standard InChI is InChI=1S/C12H13BrClN7/c1-6(2)21-5-16-9-10(18-12(14)19-11(9)21)15-4-8-7(13)3-17-20-8/h3,5-6H,4H2,1-2H3,(H,17,20)(H,15,18,19). The summed E-state index contributed by atoms with van der Waals surface area (Å²) in [4.78, 5) is 12.9. The molecule has 3 aromatic heterocycles. The summed E-state index contributed by atoms with van der Waals surface area (Å²) < 4.78 is 2.86. The Balaban J connectivity index is 1.96. The number of anilines is 1. The van der Waals surface area contributed by atoms with E-state index in [-0.39, 0.29) is 11.3 Å². The van der Waals surface area contributed by atoms with E-state index < -0.39 is 0 Å². The van der Waals surface area contributed by atoms with Crippen molar-refractivity contribution in [1.29, 1.82) is 0 Å². The van der Waals surface area contributed by atoms with Crippen LogP contribution in [0, 0.1) is 0 Å². The summed E-state index contributed by atoms with van der Waals surface area (Å²) in [6, 6.07) is 0.246. The molecular formula is C12H13BrClN7. The average Bonchev–Trinajstić information content (AvgIpc) is 3.02. The van der Waals surface area contributed by atoms with Gasteiger partial charge in [0, 0.05) is 6.04 Å². The molecule has 0 saturated carbocycles.